The van der Waals surface area contributed by atoms with Crippen molar-refractivity contribution in [2.24, 2.45) is 0 Å². The number of aromatic nitrogens is 3. The quantitative estimate of drug-likeness (QED) is 0.726. The van der Waals surface area contributed by atoms with Gasteiger partial charge in [-0.15, -0.1) is 0 Å². The Labute approximate surface area is 166 Å². The van der Waals surface area contributed by atoms with Crippen LogP contribution in [-0.2, 0) is 24.2 Å². The summed E-state index contributed by atoms with van der Waals surface area (Å²) in [6, 6.07) is 7.28. The number of benzene rings is 1. The minimum absolute atomic E-state index is 0.00985. The van der Waals surface area contributed by atoms with Crippen molar-refractivity contribution in [2.75, 3.05) is 0 Å². The third kappa shape index (κ3) is 2.99. The smallest absolute Gasteiger partial charge is 0.408 e. The van der Waals surface area contributed by atoms with Crippen LogP contribution in [0.25, 0.3) is 11.1 Å². The van der Waals surface area contributed by atoms with E-state index < -0.39 is 5.76 Å². The summed E-state index contributed by atoms with van der Waals surface area (Å²) in [7, 11) is 0. The van der Waals surface area contributed by atoms with Crippen LogP contribution in [0.3, 0.4) is 0 Å². The second-order valence-corrected chi connectivity index (χ2v) is 7.91. The van der Waals surface area contributed by atoms with Gasteiger partial charge in [-0.3, -0.25) is 14.2 Å². The Hall–Kier alpha value is -3.16. The van der Waals surface area contributed by atoms with Crippen molar-refractivity contribution in [3.63, 3.8) is 0 Å². The number of nitrogens with zero attached hydrogens (tertiary/aromatic N) is 3. The van der Waals surface area contributed by atoms with Crippen LogP contribution in [0.1, 0.15) is 36.3 Å². The van der Waals surface area contributed by atoms with Gasteiger partial charge in [0.1, 0.15) is 5.82 Å². The van der Waals surface area contributed by atoms with Crippen LogP contribution in [0.15, 0.2) is 38.3 Å². The molecule has 1 aromatic carbocycles. The van der Waals surface area contributed by atoms with Gasteiger partial charge in [-0.05, 0) is 31.9 Å². The van der Waals surface area contributed by atoms with Gasteiger partial charge in [0, 0.05) is 43.5 Å². The standard InChI is InChI=1S/C21H22N4O4/c1-12-22-16-11-14-7-6-13(10-15(16)20(27)23-12)25(14)19(26)8-9-24-17-4-2-3-5-18(17)29-21(24)28/h2-5,13-14H,6-11H2,1H3,(H,22,23,27)/t13-,14+/m0/s1. The van der Waals surface area contributed by atoms with Crippen LogP contribution in [0.2, 0.25) is 0 Å². The highest BCUT2D eigenvalue weighted by Crippen LogP contribution is 2.33. The number of rotatable bonds is 3. The van der Waals surface area contributed by atoms with Gasteiger partial charge in [0.2, 0.25) is 5.91 Å². The molecule has 1 N–H and O–H groups in total. The van der Waals surface area contributed by atoms with Gasteiger partial charge in [0.25, 0.3) is 5.56 Å². The normalized spacial score (nSPS) is 20.7. The fraction of sp³-hybridized carbons (Fsp3) is 0.429. The lowest BCUT2D eigenvalue weighted by Crippen LogP contribution is -2.42. The lowest BCUT2D eigenvalue weighted by atomic mass is 9.98. The van der Waals surface area contributed by atoms with Crippen LogP contribution in [0, 0.1) is 6.92 Å². The second-order valence-electron chi connectivity index (χ2n) is 7.91. The largest absolute Gasteiger partial charge is 0.419 e. The van der Waals surface area contributed by atoms with E-state index in [4.69, 9.17) is 4.42 Å². The molecule has 0 aliphatic carbocycles. The average Bonchev–Trinajstić information content (AvgIpc) is 3.16. The van der Waals surface area contributed by atoms with Gasteiger partial charge in [-0.1, -0.05) is 12.1 Å². The predicted octanol–water partition coefficient (Wildman–Crippen LogP) is 1.53. The zero-order chi connectivity index (χ0) is 20.1. The van der Waals surface area contributed by atoms with E-state index in [-0.39, 0.29) is 36.5 Å². The molecule has 0 spiro atoms. The summed E-state index contributed by atoms with van der Waals surface area (Å²) in [6.07, 6.45) is 3.16. The molecule has 2 bridgehead atoms. The van der Waals surface area contributed by atoms with Crippen molar-refractivity contribution in [1.29, 1.82) is 0 Å². The number of H-pyrrole nitrogens is 1. The fourth-order valence-electron chi connectivity index (χ4n) is 4.84. The Kier molecular flexibility index (Phi) is 4.15. The summed E-state index contributed by atoms with van der Waals surface area (Å²) >= 11 is 0. The molecule has 2 aromatic heterocycles. The number of carbonyl (C=O) groups excluding carboxylic acids is 1. The summed E-state index contributed by atoms with van der Waals surface area (Å²) in [5, 5.41) is 0. The van der Waals surface area contributed by atoms with E-state index in [0.717, 1.165) is 18.5 Å². The SMILES string of the molecule is Cc1nc2c(c(=O)[nH]1)C[C@@H]1CC[C@H](C2)N1C(=O)CCn1c(=O)oc2ccccc21. The zero-order valence-corrected chi connectivity index (χ0v) is 16.2. The Balaban J connectivity index is 1.38. The maximum atomic E-state index is 13.1. The molecule has 0 radical (unpaired) electrons. The molecule has 29 heavy (non-hydrogen) atoms. The highest BCUT2D eigenvalue weighted by atomic mass is 16.4. The molecule has 2 aliphatic heterocycles. The summed E-state index contributed by atoms with van der Waals surface area (Å²) in [5.41, 5.74) is 2.65. The van der Waals surface area contributed by atoms with Crippen molar-refractivity contribution in [3.8, 4) is 0 Å². The first-order chi connectivity index (χ1) is 14.0. The minimum Gasteiger partial charge on any atom is -0.408 e. The molecule has 1 fully saturated rings. The van der Waals surface area contributed by atoms with Gasteiger partial charge in [-0.2, -0.15) is 0 Å². The lowest BCUT2D eigenvalue weighted by Gasteiger charge is -2.28. The topological polar surface area (TPSA) is 101 Å². The number of oxazole rings is 1. The second kappa shape index (κ2) is 6.72. The highest BCUT2D eigenvalue weighted by molar-refractivity contribution is 5.78. The van der Waals surface area contributed by atoms with Crippen LogP contribution >= 0.6 is 0 Å². The molecular weight excluding hydrogens is 372 g/mol. The van der Waals surface area contributed by atoms with Crippen LogP contribution in [-0.4, -0.2) is 37.4 Å². The number of carbonyl (C=O) groups is 1. The van der Waals surface area contributed by atoms with E-state index in [1.54, 1.807) is 13.0 Å². The number of amides is 1. The first-order valence-corrected chi connectivity index (χ1v) is 9.99. The summed E-state index contributed by atoms with van der Waals surface area (Å²) in [5.74, 6) is 0.169. The maximum Gasteiger partial charge on any atom is 0.419 e. The van der Waals surface area contributed by atoms with E-state index in [1.807, 2.05) is 23.1 Å². The van der Waals surface area contributed by atoms with Crippen molar-refractivity contribution < 1.29 is 9.21 Å². The van der Waals surface area contributed by atoms with Gasteiger partial charge in [0.05, 0.1) is 11.2 Å². The summed E-state index contributed by atoms with van der Waals surface area (Å²) < 4.78 is 6.77. The molecule has 0 unspecified atom stereocenters. The molecule has 4 heterocycles. The number of aromatic amines is 1. The molecule has 8 heteroatoms. The van der Waals surface area contributed by atoms with Gasteiger partial charge in [-0.25, -0.2) is 9.78 Å². The van der Waals surface area contributed by atoms with Crippen LogP contribution in [0.4, 0.5) is 0 Å². The lowest BCUT2D eigenvalue weighted by molar-refractivity contribution is -0.134. The number of nitrogens with one attached hydrogen (secondary N) is 1. The molecule has 3 aromatic rings. The van der Waals surface area contributed by atoms with E-state index >= 15 is 0 Å². The third-order valence-electron chi connectivity index (χ3n) is 6.12. The molecule has 1 saturated heterocycles. The number of hydrogen-bond donors (Lipinski definition) is 1. The molecule has 150 valence electrons. The summed E-state index contributed by atoms with van der Waals surface area (Å²) in [6.45, 7) is 2.05. The number of fused-ring (bicyclic) bond motifs is 4. The van der Waals surface area contributed by atoms with Crippen LogP contribution in [0.5, 0.6) is 0 Å². The molecular formula is C21H22N4O4. The van der Waals surface area contributed by atoms with E-state index in [9.17, 15) is 14.4 Å². The minimum atomic E-state index is -0.448. The Morgan fingerprint density at radius 3 is 2.79 bits per heavy atom. The number of aryl methyl sites for hydroxylation is 2. The van der Waals surface area contributed by atoms with E-state index in [2.05, 4.69) is 9.97 Å². The maximum absolute atomic E-state index is 13.1. The van der Waals surface area contributed by atoms with Crippen molar-refractivity contribution in [3.05, 3.63) is 62.3 Å². The zero-order valence-electron chi connectivity index (χ0n) is 16.2. The number of para-hydroxylation sites is 2. The van der Waals surface area contributed by atoms with Crippen molar-refractivity contribution in [2.45, 2.75) is 57.7 Å². The first-order valence-electron chi connectivity index (χ1n) is 9.99. The van der Waals surface area contributed by atoms with Crippen LogP contribution < -0.4 is 11.3 Å². The average molecular weight is 394 g/mol. The monoisotopic (exact) mass is 394 g/mol. The molecule has 2 atom stereocenters. The Bertz CT molecular complexity index is 1220. The number of hydrogen-bond acceptors (Lipinski definition) is 5. The fourth-order valence-corrected chi connectivity index (χ4v) is 4.84. The first kappa shape index (κ1) is 17.9. The third-order valence-corrected chi connectivity index (χ3v) is 6.12. The molecule has 5 rings (SSSR count). The van der Waals surface area contributed by atoms with Crippen molar-refractivity contribution >= 4 is 17.0 Å². The van der Waals surface area contributed by atoms with E-state index in [0.29, 0.717) is 35.3 Å². The predicted molar refractivity (Wildman–Crippen MR) is 106 cm³/mol. The Morgan fingerprint density at radius 1 is 1.21 bits per heavy atom. The molecule has 8 nitrogen and oxygen atoms in total. The van der Waals surface area contributed by atoms with Gasteiger partial charge in [0.15, 0.2) is 5.58 Å². The van der Waals surface area contributed by atoms with Gasteiger partial charge >= 0.3 is 5.76 Å². The van der Waals surface area contributed by atoms with E-state index in [1.165, 1.54) is 4.57 Å². The highest BCUT2D eigenvalue weighted by Gasteiger charge is 2.40. The molecule has 1 amide bonds. The Morgan fingerprint density at radius 2 is 1.97 bits per heavy atom. The molecule has 0 saturated carbocycles. The molecule has 2 aliphatic rings. The van der Waals surface area contributed by atoms with Gasteiger partial charge < -0.3 is 14.3 Å². The summed E-state index contributed by atoms with van der Waals surface area (Å²) in [4.78, 5) is 46.9. The van der Waals surface area contributed by atoms with Crippen molar-refractivity contribution in [1.82, 2.24) is 19.4 Å².